The number of ether oxygens (including phenoxy) is 1. The highest BCUT2D eigenvalue weighted by Gasteiger charge is 2.07. The lowest BCUT2D eigenvalue weighted by molar-refractivity contribution is 0.350. The second-order valence-corrected chi connectivity index (χ2v) is 4.48. The maximum Gasteiger partial charge on any atom is 0.299 e. The summed E-state index contributed by atoms with van der Waals surface area (Å²) in [7, 11) is 1.53. The third-order valence-corrected chi connectivity index (χ3v) is 3.06. The zero-order chi connectivity index (χ0) is 13.8. The van der Waals surface area contributed by atoms with Gasteiger partial charge in [0.2, 0.25) is 0 Å². The van der Waals surface area contributed by atoms with Gasteiger partial charge < -0.3 is 4.74 Å². The van der Waals surface area contributed by atoms with Gasteiger partial charge in [0.1, 0.15) is 0 Å². The summed E-state index contributed by atoms with van der Waals surface area (Å²) in [6.45, 7) is 4.37. The van der Waals surface area contributed by atoms with E-state index in [2.05, 4.69) is 24.0 Å². The van der Waals surface area contributed by atoms with Crippen LogP contribution in [0.1, 0.15) is 23.7 Å². The molecule has 0 bridgehead atoms. The highest BCUT2D eigenvalue weighted by atomic mass is 16.5. The van der Waals surface area contributed by atoms with Crippen LogP contribution in [-0.2, 0) is 13.0 Å². The van der Waals surface area contributed by atoms with Gasteiger partial charge in [0, 0.05) is 11.8 Å². The molecule has 0 N–H and O–H groups in total. The minimum atomic E-state index is -0.0936. The first-order chi connectivity index (χ1) is 9.13. The zero-order valence-electron chi connectivity index (χ0n) is 11.5. The molecule has 1 aromatic heterocycles. The molecule has 0 aliphatic rings. The van der Waals surface area contributed by atoms with E-state index < -0.39 is 0 Å². The summed E-state index contributed by atoms with van der Waals surface area (Å²) >= 11 is 0. The maximum absolute atomic E-state index is 12.0. The second-order valence-electron chi connectivity index (χ2n) is 4.48. The van der Waals surface area contributed by atoms with Gasteiger partial charge in [-0.05, 0) is 24.5 Å². The molecule has 0 atom stereocenters. The number of nitrogens with zero attached hydrogens (tertiary/aromatic N) is 2. The first kappa shape index (κ1) is 13.3. The number of hydrogen-bond acceptors (Lipinski definition) is 3. The summed E-state index contributed by atoms with van der Waals surface area (Å²) in [6.07, 6.45) is 1.01. The Bertz CT molecular complexity index is 615. The molecule has 0 amide bonds. The van der Waals surface area contributed by atoms with Crippen LogP contribution in [0, 0.1) is 6.92 Å². The summed E-state index contributed by atoms with van der Waals surface area (Å²) in [6, 6.07) is 10.1. The predicted molar refractivity (Wildman–Crippen MR) is 74.7 cm³/mol. The summed E-state index contributed by atoms with van der Waals surface area (Å²) in [5.74, 6) is 0. The molecule has 2 rings (SSSR count). The Morgan fingerprint density at radius 2 is 1.84 bits per heavy atom. The van der Waals surface area contributed by atoms with E-state index in [4.69, 9.17) is 4.74 Å². The number of benzene rings is 1. The molecule has 0 saturated carbocycles. The lowest BCUT2D eigenvalue weighted by Gasteiger charge is -2.11. The van der Waals surface area contributed by atoms with E-state index in [1.807, 2.05) is 12.1 Å². The van der Waals surface area contributed by atoms with Crippen molar-refractivity contribution in [2.45, 2.75) is 26.8 Å². The van der Waals surface area contributed by atoms with Gasteiger partial charge in [0.15, 0.2) is 0 Å². The van der Waals surface area contributed by atoms with Crippen LogP contribution in [0.2, 0.25) is 0 Å². The van der Waals surface area contributed by atoms with Gasteiger partial charge >= 0.3 is 0 Å². The molecule has 0 aliphatic heterocycles. The van der Waals surface area contributed by atoms with Gasteiger partial charge in [-0.1, -0.05) is 31.2 Å². The SMILES string of the molecule is CCc1ccc(Cn2c(OC)nc(C)cc2=O)cc1. The Hall–Kier alpha value is -2.10. The van der Waals surface area contributed by atoms with Crippen molar-refractivity contribution in [1.29, 1.82) is 0 Å². The molecule has 0 unspecified atom stereocenters. The number of rotatable bonds is 4. The largest absolute Gasteiger partial charge is 0.468 e. The number of methoxy groups -OCH3 is 1. The molecule has 0 aliphatic carbocycles. The molecule has 0 fully saturated rings. The second kappa shape index (κ2) is 5.69. The van der Waals surface area contributed by atoms with Crippen LogP contribution in [0.25, 0.3) is 0 Å². The summed E-state index contributed by atoms with van der Waals surface area (Å²) < 4.78 is 6.71. The van der Waals surface area contributed by atoms with Crippen LogP contribution < -0.4 is 10.3 Å². The van der Waals surface area contributed by atoms with Crippen molar-refractivity contribution >= 4 is 0 Å². The molecule has 1 aromatic carbocycles. The highest BCUT2D eigenvalue weighted by Crippen LogP contribution is 2.10. The highest BCUT2D eigenvalue weighted by molar-refractivity contribution is 5.23. The van der Waals surface area contributed by atoms with Crippen molar-refractivity contribution in [3.63, 3.8) is 0 Å². The predicted octanol–water partition coefficient (Wildman–Crippen LogP) is 2.17. The minimum absolute atomic E-state index is 0.0936. The standard InChI is InChI=1S/C15H18N2O2/c1-4-12-5-7-13(8-6-12)10-17-14(18)9-11(2)16-15(17)19-3/h5-9H,4,10H2,1-3H3. The normalized spacial score (nSPS) is 10.5. The van der Waals surface area contributed by atoms with Gasteiger partial charge in [0.25, 0.3) is 11.6 Å². The Balaban J connectivity index is 2.34. The van der Waals surface area contributed by atoms with Gasteiger partial charge in [-0.2, -0.15) is 0 Å². The van der Waals surface area contributed by atoms with Gasteiger partial charge in [0.05, 0.1) is 13.7 Å². The van der Waals surface area contributed by atoms with E-state index >= 15 is 0 Å². The maximum atomic E-state index is 12.0. The fourth-order valence-electron chi connectivity index (χ4n) is 1.96. The van der Waals surface area contributed by atoms with Crippen LogP contribution in [-0.4, -0.2) is 16.7 Å². The molecule has 4 heteroatoms. The summed E-state index contributed by atoms with van der Waals surface area (Å²) in [5.41, 5.74) is 2.91. The van der Waals surface area contributed by atoms with Crippen LogP contribution in [0.15, 0.2) is 35.1 Å². The van der Waals surface area contributed by atoms with Crippen molar-refractivity contribution in [2.75, 3.05) is 7.11 Å². The zero-order valence-corrected chi connectivity index (χ0v) is 11.5. The molecule has 100 valence electrons. The first-order valence-electron chi connectivity index (χ1n) is 6.34. The van der Waals surface area contributed by atoms with Crippen molar-refractivity contribution in [3.8, 4) is 6.01 Å². The van der Waals surface area contributed by atoms with Gasteiger partial charge in [-0.3, -0.25) is 9.36 Å². The van der Waals surface area contributed by atoms with Crippen LogP contribution in [0.4, 0.5) is 0 Å². The van der Waals surface area contributed by atoms with E-state index in [0.717, 1.165) is 12.0 Å². The fourth-order valence-corrected chi connectivity index (χ4v) is 1.96. The average Bonchev–Trinajstić information content (AvgIpc) is 2.42. The molecular weight excluding hydrogens is 240 g/mol. The van der Waals surface area contributed by atoms with E-state index in [0.29, 0.717) is 18.2 Å². The van der Waals surface area contributed by atoms with Crippen molar-refractivity contribution < 1.29 is 4.74 Å². The number of aryl methyl sites for hydroxylation is 2. The topological polar surface area (TPSA) is 44.1 Å². The molecule has 0 saturated heterocycles. The monoisotopic (exact) mass is 258 g/mol. The third-order valence-electron chi connectivity index (χ3n) is 3.06. The number of aromatic nitrogens is 2. The molecule has 0 radical (unpaired) electrons. The van der Waals surface area contributed by atoms with E-state index in [1.54, 1.807) is 6.92 Å². The third kappa shape index (κ3) is 3.02. The van der Waals surface area contributed by atoms with Crippen molar-refractivity contribution in [2.24, 2.45) is 0 Å². The smallest absolute Gasteiger partial charge is 0.299 e. The van der Waals surface area contributed by atoms with Gasteiger partial charge in [-0.15, -0.1) is 0 Å². The van der Waals surface area contributed by atoms with E-state index in [-0.39, 0.29) is 5.56 Å². The Morgan fingerprint density at radius 1 is 1.21 bits per heavy atom. The van der Waals surface area contributed by atoms with Crippen LogP contribution in [0.3, 0.4) is 0 Å². The first-order valence-corrected chi connectivity index (χ1v) is 6.34. The van der Waals surface area contributed by atoms with Gasteiger partial charge in [-0.25, -0.2) is 4.98 Å². The number of hydrogen-bond donors (Lipinski definition) is 0. The molecule has 4 nitrogen and oxygen atoms in total. The lowest BCUT2D eigenvalue weighted by atomic mass is 10.1. The molecule has 0 spiro atoms. The molecule has 1 heterocycles. The van der Waals surface area contributed by atoms with Crippen LogP contribution >= 0.6 is 0 Å². The van der Waals surface area contributed by atoms with Crippen molar-refractivity contribution in [3.05, 3.63) is 57.5 Å². The van der Waals surface area contributed by atoms with E-state index in [9.17, 15) is 4.79 Å². The minimum Gasteiger partial charge on any atom is -0.468 e. The molecule has 2 aromatic rings. The molecular formula is C15H18N2O2. The van der Waals surface area contributed by atoms with E-state index in [1.165, 1.54) is 23.3 Å². The lowest BCUT2D eigenvalue weighted by Crippen LogP contribution is -2.23. The van der Waals surface area contributed by atoms with Crippen LogP contribution in [0.5, 0.6) is 6.01 Å². The average molecular weight is 258 g/mol. The van der Waals surface area contributed by atoms with Crippen molar-refractivity contribution in [1.82, 2.24) is 9.55 Å². The Kier molecular flexibility index (Phi) is 4.00. The molecule has 19 heavy (non-hydrogen) atoms. The Labute approximate surface area is 112 Å². The fraction of sp³-hybridized carbons (Fsp3) is 0.333. The summed E-state index contributed by atoms with van der Waals surface area (Å²) in [4.78, 5) is 16.2. The quantitative estimate of drug-likeness (QED) is 0.844. The Morgan fingerprint density at radius 3 is 2.42 bits per heavy atom. The summed E-state index contributed by atoms with van der Waals surface area (Å²) in [5, 5.41) is 0.